The number of hydrogen-bond acceptors (Lipinski definition) is 3. The number of amides is 1. The van der Waals surface area contributed by atoms with Gasteiger partial charge in [0.15, 0.2) is 5.69 Å². The van der Waals surface area contributed by atoms with Crippen LogP contribution in [-0.4, -0.2) is 40.2 Å². The number of hydrogen-bond donors (Lipinski definition) is 1. The maximum Gasteiger partial charge on any atom is 0.274 e. The summed E-state index contributed by atoms with van der Waals surface area (Å²) in [4.78, 5) is 14.1. The molecule has 1 aliphatic carbocycles. The average molecular weight is 248 g/mol. The van der Waals surface area contributed by atoms with E-state index in [-0.39, 0.29) is 5.91 Å². The molecule has 2 heterocycles. The molecule has 1 saturated carbocycles. The van der Waals surface area contributed by atoms with Crippen LogP contribution in [0.5, 0.6) is 0 Å². The molecule has 0 bridgehead atoms. The lowest BCUT2D eigenvalue weighted by molar-refractivity contribution is 0.0778. The van der Waals surface area contributed by atoms with Crippen molar-refractivity contribution < 1.29 is 4.79 Å². The summed E-state index contributed by atoms with van der Waals surface area (Å²) in [7, 11) is 1.88. The molecule has 1 aromatic heterocycles. The van der Waals surface area contributed by atoms with Gasteiger partial charge in [0.2, 0.25) is 0 Å². The summed E-state index contributed by atoms with van der Waals surface area (Å²) in [5.41, 5.74) is 1.73. The number of carbonyl (C=O) groups is 1. The van der Waals surface area contributed by atoms with Crippen LogP contribution in [0.2, 0.25) is 0 Å². The first-order chi connectivity index (χ1) is 8.75. The van der Waals surface area contributed by atoms with Crippen LogP contribution in [0, 0.1) is 0 Å². The molecule has 0 atom stereocenters. The van der Waals surface area contributed by atoms with Crippen LogP contribution in [0.3, 0.4) is 0 Å². The molecule has 1 aliphatic heterocycles. The van der Waals surface area contributed by atoms with Gasteiger partial charge in [-0.05, 0) is 38.3 Å². The zero-order valence-electron chi connectivity index (χ0n) is 10.9. The molecule has 1 amide bonds. The Bertz CT molecular complexity index is 424. The molecule has 5 nitrogen and oxygen atoms in total. The molecule has 1 fully saturated rings. The van der Waals surface area contributed by atoms with E-state index in [1.54, 1.807) is 0 Å². The van der Waals surface area contributed by atoms with Gasteiger partial charge in [0.1, 0.15) is 0 Å². The fraction of sp³-hybridized carbons (Fsp3) is 0.692. The standard InChI is InChI=1S/C13H20N4O/c1-16(10-4-5-10)13(18)12-8-11-9-14-6-2-3-7-17(11)15-12/h8,10,14H,2-7,9H2,1H3. The number of aromatic nitrogens is 2. The van der Waals surface area contributed by atoms with E-state index in [0.29, 0.717) is 11.7 Å². The zero-order chi connectivity index (χ0) is 12.5. The van der Waals surface area contributed by atoms with Crippen molar-refractivity contribution in [3.63, 3.8) is 0 Å². The number of nitrogens with one attached hydrogen (secondary N) is 1. The van der Waals surface area contributed by atoms with Gasteiger partial charge < -0.3 is 10.2 Å². The van der Waals surface area contributed by atoms with Crippen LogP contribution >= 0.6 is 0 Å². The van der Waals surface area contributed by atoms with Crippen LogP contribution in [0.25, 0.3) is 0 Å². The summed E-state index contributed by atoms with van der Waals surface area (Å²) in [6.07, 6.45) is 4.56. The topological polar surface area (TPSA) is 50.2 Å². The van der Waals surface area contributed by atoms with Crippen molar-refractivity contribution in [1.82, 2.24) is 20.0 Å². The lowest BCUT2D eigenvalue weighted by Gasteiger charge is -2.14. The summed E-state index contributed by atoms with van der Waals surface area (Å²) in [6, 6.07) is 2.39. The van der Waals surface area contributed by atoms with Crippen molar-refractivity contribution in [2.75, 3.05) is 13.6 Å². The number of fused-ring (bicyclic) bond motifs is 1. The molecule has 5 heteroatoms. The van der Waals surface area contributed by atoms with Crippen molar-refractivity contribution in [2.45, 2.75) is 44.8 Å². The molecule has 0 radical (unpaired) electrons. The zero-order valence-corrected chi connectivity index (χ0v) is 10.9. The predicted octanol–water partition coefficient (Wildman–Crippen LogP) is 1.00. The predicted molar refractivity (Wildman–Crippen MR) is 68.3 cm³/mol. The van der Waals surface area contributed by atoms with Crippen LogP contribution in [0.15, 0.2) is 6.07 Å². The SMILES string of the molecule is CN(C(=O)c1cc2n(n1)CCCCNC2)C1CC1. The number of nitrogens with zero attached hydrogens (tertiary/aromatic N) is 3. The van der Waals surface area contributed by atoms with Gasteiger partial charge in [-0.25, -0.2) is 0 Å². The first-order valence-corrected chi connectivity index (χ1v) is 6.80. The molecule has 0 unspecified atom stereocenters. The van der Waals surface area contributed by atoms with E-state index in [1.165, 1.54) is 6.42 Å². The van der Waals surface area contributed by atoms with Gasteiger partial charge in [-0.3, -0.25) is 9.48 Å². The molecule has 0 spiro atoms. The Labute approximate surface area is 107 Å². The molecule has 1 aromatic rings. The second kappa shape index (κ2) is 4.72. The highest BCUT2D eigenvalue weighted by atomic mass is 16.2. The summed E-state index contributed by atoms with van der Waals surface area (Å²) < 4.78 is 1.99. The normalized spacial score (nSPS) is 19.8. The first kappa shape index (κ1) is 11.7. The average Bonchev–Trinajstić information content (AvgIpc) is 3.12. The van der Waals surface area contributed by atoms with Crippen molar-refractivity contribution in [2.24, 2.45) is 0 Å². The van der Waals surface area contributed by atoms with Gasteiger partial charge in [0.25, 0.3) is 5.91 Å². The van der Waals surface area contributed by atoms with Gasteiger partial charge in [-0.1, -0.05) is 0 Å². The Morgan fingerprint density at radius 2 is 2.33 bits per heavy atom. The molecular weight excluding hydrogens is 228 g/mol. The third-order valence-electron chi connectivity index (χ3n) is 3.78. The van der Waals surface area contributed by atoms with Gasteiger partial charge in [-0.2, -0.15) is 5.10 Å². The van der Waals surface area contributed by atoms with Crippen molar-refractivity contribution >= 4 is 5.91 Å². The third kappa shape index (κ3) is 2.27. The Hall–Kier alpha value is -1.36. The molecule has 2 aliphatic rings. The van der Waals surface area contributed by atoms with Gasteiger partial charge in [0.05, 0.1) is 5.69 Å². The second-order valence-electron chi connectivity index (χ2n) is 5.28. The maximum absolute atomic E-state index is 12.2. The summed E-state index contributed by atoms with van der Waals surface area (Å²) in [5, 5.41) is 7.84. The number of aryl methyl sites for hydroxylation is 1. The van der Waals surface area contributed by atoms with Crippen molar-refractivity contribution in [1.29, 1.82) is 0 Å². The Kier molecular flexibility index (Phi) is 3.07. The fourth-order valence-electron chi connectivity index (χ4n) is 2.43. The van der Waals surface area contributed by atoms with E-state index >= 15 is 0 Å². The highest BCUT2D eigenvalue weighted by molar-refractivity contribution is 5.92. The smallest absolute Gasteiger partial charge is 0.274 e. The summed E-state index contributed by atoms with van der Waals surface area (Å²) in [6.45, 7) is 2.79. The molecule has 0 saturated heterocycles. The Morgan fingerprint density at radius 1 is 1.50 bits per heavy atom. The number of rotatable bonds is 2. The molecule has 3 rings (SSSR count). The van der Waals surface area contributed by atoms with Gasteiger partial charge >= 0.3 is 0 Å². The molecule has 0 aromatic carbocycles. The minimum Gasteiger partial charge on any atom is -0.337 e. The van der Waals surface area contributed by atoms with Crippen LogP contribution in [-0.2, 0) is 13.1 Å². The molecule has 18 heavy (non-hydrogen) atoms. The van der Waals surface area contributed by atoms with E-state index in [0.717, 1.165) is 44.6 Å². The largest absolute Gasteiger partial charge is 0.337 e. The lowest BCUT2D eigenvalue weighted by atomic mass is 10.2. The Balaban J connectivity index is 1.79. The van der Waals surface area contributed by atoms with Gasteiger partial charge in [-0.15, -0.1) is 0 Å². The van der Waals surface area contributed by atoms with Crippen LogP contribution in [0.4, 0.5) is 0 Å². The highest BCUT2D eigenvalue weighted by Gasteiger charge is 2.31. The monoisotopic (exact) mass is 248 g/mol. The second-order valence-corrected chi connectivity index (χ2v) is 5.28. The number of carbonyl (C=O) groups excluding carboxylic acids is 1. The van der Waals surface area contributed by atoms with E-state index in [9.17, 15) is 4.79 Å². The highest BCUT2D eigenvalue weighted by Crippen LogP contribution is 2.26. The van der Waals surface area contributed by atoms with E-state index < -0.39 is 0 Å². The quantitative estimate of drug-likeness (QED) is 0.849. The van der Waals surface area contributed by atoms with Crippen molar-refractivity contribution in [3.05, 3.63) is 17.5 Å². The minimum atomic E-state index is 0.0664. The van der Waals surface area contributed by atoms with E-state index in [2.05, 4.69) is 10.4 Å². The first-order valence-electron chi connectivity index (χ1n) is 6.80. The molecule has 1 N–H and O–H groups in total. The summed E-state index contributed by atoms with van der Waals surface area (Å²) >= 11 is 0. The fourth-order valence-corrected chi connectivity index (χ4v) is 2.43. The Morgan fingerprint density at radius 3 is 3.11 bits per heavy atom. The third-order valence-corrected chi connectivity index (χ3v) is 3.78. The maximum atomic E-state index is 12.2. The minimum absolute atomic E-state index is 0.0664. The van der Waals surface area contributed by atoms with Gasteiger partial charge in [0, 0.05) is 26.2 Å². The molecular formula is C13H20N4O. The van der Waals surface area contributed by atoms with Crippen LogP contribution < -0.4 is 5.32 Å². The summed E-state index contributed by atoms with van der Waals surface area (Å²) in [5.74, 6) is 0.0664. The lowest BCUT2D eigenvalue weighted by Crippen LogP contribution is -2.29. The van der Waals surface area contributed by atoms with E-state index in [4.69, 9.17) is 0 Å². The van der Waals surface area contributed by atoms with E-state index in [1.807, 2.05) is 22.7 Å². The van der Waals surface area contributed by atoms with Crippen molar-refractivity contribution in [3.8, 4) is 0 Å². The molecule has 98 valence electrons. The van der Waals surface area contributed by atoms with Crippen LogP contribution in [0.1, 0.15) is 41.9 Å².